The minimum Gasteiger partial charge on any atom is -0.0885 e. The summed E-state index contributed by atoms with van der Waals surface area (Å²) in [5.74, 6) is 0. The van der Waals surface area contributed by atoms with Crippen LogP contribution in [-0.4, -0.2) is 0 Å². The first-order valence-electron chi connectivity index (χ1n) is 25.0. The third-order valence-electron chi connectivity index (χ3n) is 11.7. The molecular formula is C53H108. The van der Waals surface area contributed by atoms with Gasteiger partial charge in [0.15, 0.2) is 0 Å². The van der Waals surface area contributed by atoms with Crippen LogP contribution < -0.4 is 0 Å². The highest BCUT2D eigenvalue weighted by Gasteiger charge is 2.19. The molecule has 0 aliphatic carbocycles. The van der Waals surface area contributed by atoms with Gasteiger partial charge in [0.05, 0.1) is 0 Å². The van der Waals surface area contributed by atoms with E-state index in [1.165, 1.54) is 244 Å². The summed E-state index contributed by atoms with van der Waals surface area (Å²) >= 11 is 0. The summed E-state index contributed by atoms with van der Waals surface area (Å²) in [6, 6.07) is 0. The first-order valence-corrected chi connectivity index (χ1v) is 25.0. The molecule has 0 N–H and O–H groups in total. The third-order valence-corrected chi connectivity index (χ3v) is 11.7. The summed E-state index contributed by atoms with van der Waals surface area (Å²) in [5, 5.41) is 0. The molecule has 0 saturated carbocycles. The van der Waals surface area contributed by atoms with Gasteiger partial charge in [0.1, 0.15) is 0 Å². The molecule has 53 heavy (non-hydrogen) atoms. The molecule has 320 valence electrons. The fourth-order valence-electron chi connectivity index (χ4n) is 7.81. The molecule has 0 heteroatoms. The lowest BCUT2D eigenvalue weighted by Crippen LogP contribution is -2.14. The van der Waals surface area contributed by atoms with Crippen LogP contribution in [-0.2, 0) is 0 Å². The Morgan fingerprint density at radius 3 is 0.755 bits per heavy atom. The normalized spacial score (nSPS) is 12.5. The molecule has 0 fully saturated rings. The lowest BCUT2D eigenvalue weighted by molar-refractivity contribution is 0.251. The molecule has 0 aliphatic rings. The molecule has 0 atom stereocenters. The van der Waals surface area contributed by atoms with Crippen molar-refractivity contribution in [3.63, 3.8) is 0 Å². The maximum absolute atomic E-state index is 2.46. The molecule has 0 saturated heterocycles. The molecule has 0 nitrogen and oxygen atoms in total. The Bertz CT molecular complexity index is 697. The quantitative estimate of drug-likeness (QED) is 0.0436. The van der Waals surface area contributed by atoms with Gasteiger partial charge in [-0.05, 0) is 67.6 Å². The first-order chi connectivity index (χ1) is 25.3. The fraction of sp³-hybridized carbons (Fsp3) is 0.962. The van der Waals surface area contributed by atoms with Crippen LogP contribution in [0.4, 0.5) is 0 Å². The summed E-state index contributed by atoms with van der Waals surface area (Å²) in [7, 11) is 0. The topological polar surface area (TPSA) is 0 Å². The molecule has 0 radical (unpaired) electrons. The van der Waals surface area contributed by atoms with Crippen molar-refractivity contribution in [1.29, 1.82) is 0 Å². The second-order valence-electron chi connectivity index (χ2n) is 20.9. The highest BCUT2D eigenvalue weighted by molar-refractivity contribution is 4.81. The van der Waals surface area contributed by atoms with E-state index in [9.17, 15) is 0 Å². The number of hydrogen-bond acceptors (Lipinski definition) is 0. The molecule has 0 aliphatic heterocycles. The standard InChI is InChI=1S/C35H70.C18H38/c1-3-5-7-9-11-13-15-17-19-21-23-25-27-29-31-33-35-34-32-30-28-26-24-22-20-18-16-14-12-10-8-6-4-2;1-16(2,3)12-9-10-14-18(7,8)15-11-13-17(4,5)6/h33,35H,3-32,34H2,1-2H3;9-15H2,1-8H3. The van der Waals surface area contributed by atoms with E-state index in [1.54, 1.807) is 0 Å². The molecule has 0 heterocycles. The van der Waals surface area contributed by atoms with Gasteiger partial charge in [-0.25, -0.2) is 0 Å². The lowest BCUT2D eigenvalue weighted by atomic mass is 9.78. The Balaban J connectivity index is 0. The zero-order valence-electron chi connectivity index (χ0n) is 39.5. The third kappa shape index (κ3) is 53.9. The molecular weight excluding hydrogens is 637 g/mol. The van der Waals surface area contributed by atoms with Gasteiger partial charge >= 0.3 is 0 Å². The van der Waals surface area contributed by atoms with Crippen molar-refractivity contribution in [3.05, 3.63) is 12.2 Å². The Morgan fingerprint density at radius 1 is 0.245 bits per heavy atom. The van der Waals surface area contributed by atoms with Crippen molar-refractivity contribution in [2.75, 3.05) is 0 Å². The van der Waals surface area contributed by atoms with Crippen LogP contribution in [0.15, 0.2) is 12.2 Å². The summed E-state index contributed by atoms with van der Waals surface area (Å²) in [6.45, 7) is 23.6. The monoisotopic (exact) mass is 745 g/mol. The van der Waals surface area contributed by atoms with Crippen molar-refractivity contribution >= 4 is 0 Å². The van der Waals surface area contributed by atoms with E-state index in [1.807, 2.05) is 0 Å². The maximum Gasteiger partial charge on any atom is -0.0351 e. The van der Waals surface area contributed by atoms with E-state index >= 15 is 0 Å². The average molecular weight is 745 g/mol. The van der Waals surface area contributed by atoms with Gasteiger partial charge in [-0.1, -0.05) is 274 Å². The molecule has 0 aromatic heterocycles. The molecule has 0 bridgehead atoms. The predicted molar refractivity (Wildman–Crippen MR) is 249 cm³/mol. The Morgan fingerprint density at radius 2 is 0.472 bits per heavy atom. The van der Waals surface area contributed by atoms with Crippen LogP contribution >= 0.6 is 0 Å². The smallest absolute Gasteiger partial charge is 0.0351 e. The summed E-state index contributed by atoms with van der Waals surface area (Å²) in [6.07, 6.45) is 59.6. The van der Waals surface area contributed by atoms with E-state index in [-0.39, 0.29) is 0 Å². The molecule has 0 unspecified atom stereocenters. The Kier molecular flexibility index (Phi) is 41.3. The molecule has 0 rings (SSSR count). The molecule has 0 aromatic rings. The average Bonchev–Trinajstić information content (AvgIpc) is 3.08. The number of rotatable bonds is 38. The predicted octanol–water partition coefficient (Wildman–Crippen LogP) is 20.5. The molecule has 0 aromatic carbocycles. The number of hydrogen-bond donors (Lipinski definition) is 0. The Hall–Kier alpha value is -0.260. The van der Waals surface area contributed by atoms with Crippen LogP contribution in [0.1, 0.15) is 313 Å². The highest BCUT2D eigenvalue weighted by Crippen LogP contribution is 2.33. The Labute approximate surface area is 340 Å². The summed E-state index contributed by atoms with van der Waals surface area (Å²) in [5.41, 5.74) is 1.56. The van der Waals surface area contributed by atoms with Crippen molar-refractivity contribution in [1.82, 2.24) is 0 Å². The number of allylic oxidation sites excluding steroid dienone is 2. The van der Waals surface area contributed by atoms with Gasteiger partial charge in [0.2, 0.25) is 0 Å². The molecule has 0 spiro atoms. The van der Waals surface area contributed by atoms with Gasteiger partial charge in [0.25, 0.3) is 0 Å². The van der Waals surface area contributed by atoms with E-state index in [4.69, 9.17) is 0 Å². The number of unbranched alkanes of at least 4 members (excludes halogenated alkanes) is 30. The van der Waals surface area contributed by atoms with Gasteiger partial charge < -0.3 is 0 Å². The van der Waals surface area contributed by atoms with Crippen LogP contribution in [0.3, 0.4) is 0 Å². The van der Waals surface area contributed by atoms with Crippen molar-refractivity contribution in [2.45, 2.75) is 313 Å². The van der Waals surface area contributed by atoms with Crippen molar-refractivity contribution in [2.24, 2.45) is 16.2 Å². The minimum atomic E-state index is 0.502. The van der Waals surface area contributed by atoms with E-state index in [2.05, 4.69) is 81.4 Å². The second-order valence-corrected chi connectivity index (χ2v) is 20.9. The van der Waals surface area contributed by atoms with Gasteiger partial charge in [-0.3, -0.25) is 0 Å². The zero-order chi connectivity index (χ0) is 39.8. The van der Waals surface area contributed by atoms with Crippen molar-refractivity contribution < 1.29 is 0 Å². The lowest BCUT2D eigenvalue weighted by Gasteiger charge is -2.27. The zero-order valence-corrected chi connectivity index (χ0v) is 39.5. The van der Waals surface area contributed by atoms with Gasteiger partial charge in [-0.2, -0.15) is 0 Å². The van der Waals surface area contributed by atoms with E-state index in [0.29, 0.717) is 16.2 Å². The minimum absolute atomic E-state index is 0.502. The van der Waals surface area contributed by atoms with Crippen LogP contribution in [0.2, 0.25) is 0 Å². The fourth-order valence-corrected chi connectivity index (χ4v) is 7.81. The summed E-state index contributed by atoms with van der Waals surface area (Å²) < 4.78 is 0. The van der Waals surface area contributed by atoms with Gasteiger partial charge in [-0.15, -0.1) is 0 Å². The van der Waals surface area contributed by atoms with E-state index in [0.717, 1.165) is 0 Å². The second kappa shape index (κ2) is 40.0. The van der Waals surface area contributed by atoms with Crippen molar-refractivity contribution in [3.8, 4) is 0 Å². The molecule has 0 amide bonds. The van der Waals surface area contributed by atoms with Crippen LogP contribution in [0.5, 0.6) is 0 Å². The van der Waals surface area contributed by atoms with E-state index < -0.39 is 0 Å². The largest absolute Gasteiger partial charge is 0.0885 e. The maximum atomic E-state index is 2.46. The van der Waals surface area contributed by atoms with Gasteiger partial charge in [0, 0.05) is 0 Å². The van der Waals surface area contributed by atoms with Crippen LogP contribution in [0, 0.1) is 16.2 Å². The van der Waals surface area contributed by atoms with Crippen LogP contribution in [0.25, 0.3) is 0 Å². The highest BCUT2D eigenvalue weighted by atomic mass is 14.3. The SMILES string of the molecule is CC(C)(C)CCCCC(C)(C)CCCC(C)(C)C.CCCCCCCCCCCCCCCCC=CCCCCCCCCCCCCCCCCC. The summed E-state index contributed by atoms with van der Waals surface area (Å²) in [4.78, 5) is 0. The first kappa shape index (κ1) is 54.8.